The van der Waals surface area contributed by atoms with Gasteiger partial charge in [0.05, 0.1) is 19.2 Å². The number of rotatable bonds is 6. The Bertz CT molecular complexity index is 1250. The summed E-state index contributed by atoms with van der Waals surface area (Å²) < 4.78 is 26.3. The first-order valence-corrected chi connectivity index (χ1v) is 10.1. The quantitative estimate of drug-likeness (QED) is 0.565. The number of aliphatic imine (C=N–C) groups is 1. The molecule has 166 valence electrons. The first-order valence-electron chi connectivity index (χ1n) is 10.1. The molecule has 0 bridgehead atoms. The zero-order valence-corrected chi connectivity index (χ0v) is 17.8. The number of nitrogens with zero attached hydrogens (tertiary/aromatic N) is 3. The lowest BCUT2D eigenvalue weighted by Crippen LogP contribution is -2.38. The number of ether oxygens (including phenoxy) is 2. The Morgan fingerprint density at radius 3 is 2.73 bits per heavy atom. The van der Waals surface area contributed by atoms with Gasteiger partial charge >= 0.3 is 0 Å². The Kier molecular flexibility index (Phi) is 6.45. The average molecular weight is 445 g/mol. The van der Waals surface area contributed by atoms with Crippen LogP contribution in [-0.2, 0) is 6.61 Å². The number of carbonyl (C=O) groups excluding carboxylic acids is 1. The minimum absolute atomic E-state index is 0.00415. The molecule has 3 aromatic rings. The number of nitrogens with one attached hydrogen (secondary N) is 2. The largest absolute Gasteiger partial charge is 0.494 e. The second-order valence-corrected chi connectivity index (χ2v) is 7.02. The van der Waals surface area contributed by atoms with E-state index in [0.717, 1.165) is 5.56 Å². The lowest BCUT2D eigenvalue weighted by molar-refractivity contribution is 0.0972. The molecule has 2 N–H and O–H groups in total. The fraction of sp³-hybridized carbons (Fsp3) is 0.167. The summed E-state index contributed by atoms with van der Waals surface area (Å²) >= 11 is 0. The third-order valence-corrected chi connectivity index (χ3v) is 4.95. The van der Waals surface area contributed by atoms with Crippen LogP contribution in [0.25, 0.3) is 16.0 Å². The molecule has 0 spiro atoms. The maximum atomic E-state index is 15.2. The van der Waals surface area contributed by atoms with Crippen LogP contribution in [0, 0.1) is 12.4 Å². The molecule has 1 aliphatic heterocycles. The van der Waals surface area contributed by atoms with E-state index in [9.17, 15) is 4.79 Å². The minimum atomic E-state index is -0.711. The van der Waals surface area contributed by atoms with Gasteiger partial charge in [-0.3, -0.25) is 15.1 Å². The van der Waals surface area contributed by atoms with Crippen molar-refractivity contribution in [3.8, 4) is 22.6 Å². The maximum absolute atomic E-state index is 15.2. The average Bonchev–Trinajstić information content (AvgIpc) is 3.36. The van der Waals surface area contributed by atoms with Crippen LogP contribution in [0.5, 0.6) is 11.5 Å². The molecular weight excluding hydrogens is 425 g/mol. The van der Waals surface area contributed by atoms with Gasteiger partial charge in [0.1, 0.15) is 6.61 Å². The number of hydrogen-bond acceptors (Lipinski definition) is 6. The second kappa shape index (κ2) is 9.78. The van der Waals surface area contributed by atoms with Crippen LogP contribution >= 0.6 is 0 Å². The Labute approximate surface area is 189 Å². The summed E-state index contributed by atoms with van der Waals surface area (Å²) in [4.78, 5) is 25.1. The van der Waals surface area contributed by atoms with Crippen LogP contribution in [0.3, 0.4) is 0 Å². The van der Waals surface area contributed by atoms with E-state index in [0.29, 0.717) is 19.0 Å². The molecule has 0 radical (unpaired) electrons. The predicted octanol–water partition coefficient (Wildman–Crippen LogP) is 3.72. The SMILES string of the molecule is [C-]#[N+]c1ncc(OCc2ccccc2)c(C(=O)NC2=NCCN2)c1-c1cccc(OC)c1F. The van der Waals surface area contributed by atoms with Crippen molar-refractivity contribution in [1.82, 2.24) is 15.6 Å². The minimum Gasteiger partial charge on any atom is -0.494 e. The fourth-order valence-corrected chi connectivity index (χ4v) is 3.41. The maximum Gasteiger partial charge on any atom is 0.278 e. The van der Waals surface area contributed by atoms with Crippen LogP contribution in [-0.4, -0.2) is 37.1 Å². The van der Waals surface area contributed by atoms with E-state index in [1.807, 2.05) is 30.3 Å². The monoisotopic (exact) mass is 445 g/mol. The van der Waals surface area contributed by atoms with Gasteiger partial charge in [-0.05, 0) is 11.6 Å². The second-order valence-electron chi connectivity index (χ2n) is 7.02. The zero-order chi connectivity index (χ0) is 23.2. The molecule has 2 heterocycles. The Hall–Kier alpha value is -4.45. The zero-order valence-electron chi connectivity index (χ0n) is 17.8. The van der Waals surface area contributed by atoms with Crippen LogP contribution in [0.15, 0.2) is 59.7 Å². The molecule has 1 amide bonds. The van der Waals surface area contributed by atoms with Gasteiger partial charge in [0.25, 0.3) is 11.7 Å². The van der Waals surface area contributed by atoms with Gasteiger partial charge in [-0.15, -0.1) is 4.98 Å². The standard InChI is InChI=1S/C24H20FN5O3/c1-26-22-19(16-9-6-10-17(32-2)21(16)25)20(23(31)30-24-27-11-12-28-24)18(13-29-22)33-14-15-7-4-3-5-8-15/h3-10,13H,11-12,14H2,2H3,(H2,27,28,30,31). The van der Waals surface area contributed by atoms with Crippen LogP contribution in [0.1, 0.15) is 15.9 Å². The first kappa shape index (κ1) is 21.8. The normalized spacial score (nSPS) is 12.3. The van der Waals surface area contributed by atoms with Crippen LogP contribution in [0.4, 0.5) is 10.2 Å². The predicted molar refractivity (Wildman–Crippen MR) is 121 cm³/mol. The van der Waals surface area contributed by atoms with Crippen molar-refractivity contribution < 1.29 is 18.7 Å². The van der Waals surface area contributed by atoms with Gasteiger partial charge < -0.3 is 19.6 Å². The number of hydrogen-bond donors (Lipinski definition) is 2. The van der Waals surface area contributed by atoms with Crippen molar-refractivity contribution in [2.45, 2.75) is 6.61 Å². The summed E-state index contributed by atoms with van der Waals surface area (Å²) in [6, 6.07) is 13.9. The molecule has 1 aliphatic rings. The highest BCUT2D eigenvalue weighted by atomic mass is 19.1. The molecule has 0 saturated carbocycles. The van der Waals surface area contributed by atoms with E-state index in [1.54, 1.807) is 6.07 Å². The van der Waals surface area contributed by atoms with E-state index in [2.05, 4.69) is 25.5 Å². The number of carbonyl (C=O) groups is 1. The van der Waals surface area contributed by atoms with E-state index in [4.69, 9.17) is 16.0 Å². The molecule has 0 atom stereocenters. The highest BCUT2D eigenvalue weighted by Crippen LogP contribution is 2.40. The van der Waals surface area contributed by atoms with Gasteiger partial charge in [0.2, 0.25) is 0 Å². The third kappa shape index (κ3) is 4.60. The lowest BCUT2D eigenvalue weighted by atomic mass is 9.98. The van der Waals surface area contributed by atoms with Gasteiger partial charge in [0.15, 0.2) is 29.5 Å². The molecule has 1 aromatic heterocycles. The van der Waals surface area contributed by atoms with Crippen molar-refractivity contribution in [1.29, 1.82) is 0 Å². The molecular formula is C24H20FN5O3. The van der Waals surface area contributed by atoms with E-state index in [1.165, 1.54) is 25.4 Å². The topological polar surface area (TPSA) is 89.2 Å². The fourth-order valence-electron chi connectivity index (χ4n) is 3.41. The third-order valence-electron chi connectivity index (χ3n) is 4.95. The van der Waals surface area contributed by atoms with Crippen molar-refractivity contribution in [3.63, 3.8) is 0 Å². The summed E-state index contributed by atoms with van der Waals surface area (Å²) in [5, 5.41) is 5.64. The molecule has 0 fully saturated rings. The molecule has 2 aromatic carbocycles. The number of pyridine rings is 1. The van der Waals surface area contributed by atoms with Gasteiger partial charge in [-0.25, -0.2) is 4.39 Å². The smallest absolute Gasteiger partial charge is 0.278 e. The molecule has 0 unspecified atom stereocenters. The molecule has 9 heteroatoms. The summed E-state index contributed by atoms with van der Waals surface area (Å²) in [5.41, 5.74) is 0.872. The highest BCUT2D eigenvalue weighted by Gasteiger charge is 2.28. The van der Waals surface area contributed by atoms with Crippen molar-refractivity contribution >= 4 is 17.7 Å². The van der Waals surface area contributed by atoms with Crippen LogP contribution < -0.4 is 20.1 Å². The van der Waals surface area contributed by atoms with Crippen molar-refractivity contribution in [2.24, 2.45) is 4.99 Å². The lowest BCUT2D eigenvalue weighted by Gasteiger charge is -2.17. The Balaban J connectivity index is 1.85. The number of benzene rings is 2. The van der Waals surface area contributed by atoms with Gasteiger partial charge in [-0.2, -0.15) is 0 Å². The Morgan fingerprint density at radius 1 is 1.21 bits per heavy atom. The number of amides is 1. The Morgan fingerprint density at radius 2 is 2.03 bits per heavy atom. The number of halogens is 1. The van der Waals surface area contributed by atoms with Gasteiger partial charge in [0, 0.05) is 17.7 Å². The molecule has 4 rings (SSSR count). The summed E-state index contributed by atoms with van der Waals surface area (Å²) in [7, 11) is 1.34. The molecule has 0 saturated heterocycles. The van der Waals surface area contributed by atoms with Crippen molar-refractivity contribution in [3.05, 3.63) is 83.1 Å². The first-order chi connectivity index (χ1) is 16.1. The summed E-state index contributed by atoms with van der Waals surface area (Å²) in [5.74, 6) is -1.06. The number of guanidine groups is 1. The molecule has 33 heavy (non-hydrogen) atoms. The van der Waals surface area contributed by atoms with Gasteiger partial charge in [-0.1, -0.05) is 49.0 Å². The molecule has 8 nitrogen and oxygen atoms in total. The summed E-state index contributed by atoms with van der Waals surface area (Å²) in [6.07, 6.45) is 1.30. The van der Waals surface area contributed by atoms with E-state index < -0.39 is 11.7 Å². The van der Waals surface area contributed by atoms with Crippen molar-refractivity contribution in [2.75, 3.05) is 20.2 Å². The molecule has 0 aliphatic carbocycles. The summed E-state index contributed by atoms with van der Waals surface area (Å²) in [6.45, 7) is 8.84. The highest BCUT2D eigenvalue weighted by molar-refractivity contribution is 6.12. The van der Waals surface area contributed by atoms with E-state index in [-0.39, 0.29) is 40.6 Å². The van der Waals surface area contributed by atoms with Crippen LogP contribution in [0.2, 0.25) is 0 Å². The van der Waals surface area contributed by atoms with E-state index >= 15 is 4.39 Å². The number of methoxy groups -OCH3 is 1. The number of aromatic nitrogens is 1.